The number of ether oxygens (including phenoxy) is 1. The molecular formula is C18H19BrFNO. The zero-order valence-corrected chi connectivity index (χ0v) is 13.9. The summed E-state index contributed by atoms with van der Waals surface area (Å²) in [5, 5.41) is 0. The van der Waals surface area contributed by atoms with Gasteiger partial charge >= 0.3 is 0 Å². The third-order valence-corrected chi connectivity index (χ3v) is 5.01. The standard InChI is InChI=1S/C18H19BrFNO/c19-17-5-2-10-21-18(17)12-22-16-8-6-13(7-9-16)14-3-1-4-15(20)11-14/h1-5,10-11,13,16H,6-9,12H2/t13-,16+. The number of halogens is 2. The van der Waals surface area contributed by atoms with Gasteiger partial charge in [-0.05, 0) is 77.4 Å². The predicted molar refractivity (Wildman–Crippen MR) is 88.1 cm³/mol. The number of aromatic nitrogens is 1. The van der Waals surface area contributed by atoms with Gasteiger partial charge in [-0.1, -0.05) is 12.1 Å². The van der Waals surface area contributed by atoms with Gasteiger partial charge in [0.1, 0.15) is 5.82 Å². The van der Waals surface area contributed by atoms with Crippen LogP contribution in [0.2, 0.25) is 0 Å². The van der Waals surface area contributed by atoms with Crippen LogP contribution in [-0.4, -0.2) is 11.1 Å². The van der Waals surface area contributed by atoms with Gasteiger partial charge in [0.15, 0.2) is 0 Å². The average Bonchev–Trinajstić information content (AvgIpc) is 2.55. The van der Waals surface area contributed by atoms with Crippen molar-refractivity contribution in [2.75, 3.05) is 0 Å². The number of nitrogens with zero attached hydrogens (tertiary/aromatic N) is 1. The molecule has 1 saturated carbocycles. The van der Waals surface area contributed by atoms with Crippen molar-refractivity contribution in [3.05, 3.63) is 64.1 Å². The lowest BCUT2D eigenvalue weighted by Gasteiger charge is -2.28. The Hall–Kier alpha value is -1.26. The molecule has 1 aromatic carbocycles. The summed E-state index contributed by atoms with van der Waals surface area (Å²) in [4.78, 5) is 4.32. The summed E-state index contributed by atoms with van der Waals surface area (Å²) in [6, 6.07) is 10.9. The van der Waals surface area contributed by atoms with Gasteiger partial charge in [0.05, 0.1) is 18.4 Å². The molecule has 0 bridgehead atoms. The lowest BCUT2D eigenvalue weighted by molar-refractivity contribution is 0.0115. The van der Waals surface area contributed by atoms with Crippen LogP contribution in [-0.2, 0) is 11.3 Å². The molecular weight excluding hydrogens is 345 g/mol. The summed E-state index contributed by atoms with van der Waals surface area (Å²) in [6.07, 6.45) is 6.20. The Kier molecular flexibility index (Phi) is 5.21. The third kappa shape index (κ3) is 3.93. The Bertz CT molecular complexity index is 626. The molecule has 0 radical (unpaired) electrons. The summed E-state index contributed by atoms with van der Waals surface area (Å²) in [5.41, 5.74) is 2.06. The molecule has 0 spiro atoms. The molecule has 1 aromatic heterocycles. The minimum Gasteiger partial charge on any atom is -0.372 e. The van der Waals surface area contributed by atoms with Gasteiger partial charge < -0.3 is 4.74 Å². The van der Waals surface area contributed by atoms with Gasteiger partial charge in [-0.25, -0.2) is 4.39 Å². The third-order valence-electron chi connectivity index (χ3n) is 4.28. The van der Waals surface area contributed by atoms with Crippen molar-refractivity contribution in [2.45, 2.75) is 44.3 Å². The molecule has 0 saturated heterocycles. The summed E-state index contributed by atoms with van der Waals surface area (Å²) in [5.74, 6) is 0.313. The van der Waals surface area contributed by atoms with Crippen LogP contribution in [0.25, 0.3) is 0 Å². The van der Waals surface area contributed by atoms with E-state index >= 15 is 0 Å². The van der Waals surface area contributed by atoms with E-state index in [1.807, 2.05) is 18.2 Å². The van der Waals surface area contributed by atoms with Crippen molar-refractivity contribution in [1.82, 2.24) is 4.98 Å². The normalized spacial score (nSPS) is 21.7. The molecule has 0 aliphatic heterocycles. The molecule has 2 nitrogen and oxygen atoms in total. The fourth-order valence-corrected chi connectivity index (χ4v) is 3.41. The van der Waals surface area contributed by atoms with Crippen LogP contribution in [0.5, 0.6) is 0 Å². The second kappa shape index (κ2) is 7.34. The molecule has 3 rings (SSSR count). The smallest absolute Gasteiger partial charge is 0.123 e. The maximum atomic E-state index is 13.3. The van der Waals surface area contributed by atoms with E-state index < -0.39 is 0 Å². The van der Waals surface area contributed by atoms with Crippen molar-refractivity contribution in [3.63, 3.8) is 0 Å². The summed E-state index contributed by atoms with van der Waals surface area (Å²) >= 11 is 3.49. The van der Waals surface area contributed by atoms with E-state index in [1.165, 1.54) is 6.07 Å². The van der Waals surface area contributed by atoms with Crippen LogP contribution in [0.3, 0.4) is 0 Å². The molecule has 0 unspecified atom stereocenters. The van der Waals surface area contributed by atoms with E-state index in [4.69, 9.17) is 4.74 Å². The molecule has 2 aromatic rings. The van der Waals surface area contributed by atoms with Crippen LogP contribution in [0.15, 0.2) is 47.1 Å². The lowest BCUT2D eigenvalue weighted by atomic mass is 9.83. The Morgan fingerprint density at radius 1 is 1.14 bits per heavy atom. The van der Waals surface area contributed by atoms with E-state index in [2.05, 4.69) is 20.9 Å². The molecule has 0 N–H and O–H groups in total. The van der Waals surface area contributed by atoms with Crippen LogP contribution in [0.1, 0.15) is 42.9 Å². The van der Waals surface area contributed by atoms with E-state index in [1.54, 1.807) is 18.3 Å². The maximum absolute atomic E-state index is 13.3. The van der Waals surface area contributed by atoms with Crippen LogP contribution in [0, 0.1) is 5.82 Å². The second-order valence-electron chi connectivity index (χ2n) is 5.77. The highest BCUT2D eigenvalue weighted by Crippen LogP contribution is 2.34. The summed E-state index contributed by atoms with van der Waals surface area (Å²) < 4.78 is 20.3. The number of benzene rings is 1. The van der Waals surface area contributed by atoms with Crippen LogP contribution < -0.4 is 0 Å². The van der Waals surface area contributed by atoms with Crippen molar-refractivity contribution in [3.8, 4) is 0 Å². The minimum atomic E-state index is -0.143. The second-order valence-corrected chi connectivity index (χ2v) is 6.63. The molecule has 0 atom stereocenters. The number of hydrogen-bond donors (Lipinski definition) is 0. The summed E-state index contributed by atoms with van der Waals surface area (Å²) in [6.45, 7) is 0.538. The zero-order chi connectivity index (χ0) is 15.4. The van der Waals surface area contributed by atoms with E-state index in [0.717, 1.165) is 41.4 Å². The maximum Gasteiger partial charge on any atom is 0.123 e. The fraction of sp³-hybridized carbons (Fsp3) is 0.389. The fourth-order valence-electron chi connectivity index (χ4n) is 3.04. The number of pyridine rings is 1. The molecule has 1 aliphatic carbocycles. The summed E-state index contributed by atoms with van der Waals surface area (Å²) in [7, 11) is 0. The highest BCUT2D eigenvalue weighted by molar-refractivity contribution is 9.10. The molecule has 116 valence electrons. The lowest BCUT2D eigenvalue weighted by Crippen LogP contribution is -2.21. The molecule has 1 heterocycles. The Morgan fingerprint density at radius 2 is 1.95 bits per heavy atom. The monoisotopic (exact) mass is 363 g/mol. The molecule has 4 heteroatoms. The molecule has 1 fully saturated rings. The number of hydrogen-bond acceptors (Lipinski definition) is 2. The Labute approximate surface area is 138 Å². The van der Waals surface area contributed by atoms with Gasteiger partial charge in [0.25, 0.3) is 0 Å². The van der Waals surface area contributed by atoms with Gasteiger partial charge in [-0.15, -0.1) is 0 Å². The SMILES string of the molecule is Fc1cccc([C@H]2CC[C@@H](OCc3ncccc3Br)CC2)c1. The van der Waals surface area contributed by atoms with Gasteiger partial charge in [-0.2, -0.15) is 0 Å². The van der Waals surface area contributed by atoms with Crippen molar-refractivity contribution >= 4 is 15.9 Å². The minimum absolute atomic E-state index is 0.143. The molecule has 0 amide bonds. The van der Waals surface area contributed by atoms with E-state index in [-0.39, 0.29) is 11.9 Å². The number of rotatable bonds is 4. The van der Waals surface area contributed by atoms with Crippen molar-refractivity contribution < 1.29 is 9.13 Å². The topological polar surface area (TPSA) is 22.1 Å². The van der Waals surface area contributed by atoms with Crippen molar-refractivity contribution in [2.24, 2.45) is 0 Å². The van der Waals surface area contributed by atoms with Gasteiger partial charge in [0, 0.05) is 10.7 Å². The molecule has 22 heavy (non-hydrogen) atoms. The highest BCUT2D eigenvalue weighted by Gasteiger charge is 2.23. The van der Waals surface area contributed by atoms with Gasteiger partial charge in [0.2, 0.25) is 0 Å². The van der Waals surface area contributed by atoms with E-state index in [9.17, 15) is 4.39 Å². The first kappa shape index (κ1) is 15.6. The molecule has 1 aliphatic rings. The van der Waals surface area contributed by atoms with Crippen molar-refractivity contribution in [1.29, 1.82) is 0 Å². The largest absolute Gasteiger partial charge is 0.372 e. The average molecular weight is 364 g/mol. The Morgan fingerprint density at radius 3 is 2.68 bits per heavy atom. The van der Waals surface area contributed by atoms with Crippen LogP contribution >= 0.6 is 15.9 Å². The highest BCUT2D eigenvalue weighted by atomic mass is 79.9. The first-order valence-electron chi connectivity index (χ1n) is 7.69. The van der Waals surface area contributed by atoms with Crippen LogP contribution in [0.4, 0.5) is 4.39 Å². The Balaban J connectivity index is 1.51. The predicted octanol–water partition coefficient (Wildman–Crippen LogP) is 5.23. The zero-order valence-electron chi connectivity index (χ0n) is 12.3. The first-order valence-corrected chi connectivity index (χ1v) is 8.48. The van der Waals surface area contributed by atoms with Gasteiger partial charge in [-0.3, -0.25) is 4.98 Å². The van der Waals surface area contributed by atoms with E-state index in [0.29, 0.717) is 12.5 Å². The quantitative estimate of drug-likeness (QED) is 0.742. The first-order chi connectivity index (χ1) is 10.7.